The molecule has 0 radical (unpaired) electrons. The Morgan fingerprint density at radius 2 is 1.28 bits per heavy atom. The van der Waals surface area contributed by atoms with Gasteiger partial charge in [-0.05, 0) is 23.3 Å². The van der Waals surface area contributed by atoms with Gasteiger partial charge in [-0.3, -0.25) is 4.79 Å². The SMILES string of the molecule is O=C1C(c2ccccc2)=CC2(C=C1c1ccccc1)CCOCCO2. The highest BCUT2D eigenvalue weighted by Gasteiger charge is 2.36. The lowest BCUT2D eigenvalue weighted by molar-refractivity contribution is -0.109. The standard InChI is InChI=1S/C22H20O3/c23-21-19(17-7-3-1-4-8-17)15-22(11-12-24-13-14-25-22)16-20(21)18-9-5-2-6-10-18/h1-10,15-16H,11-14H2. The molecule has 1 spiro atoms. The Morgan fingerprint density at radius 1 is 0.720 bits per heavy atom. The largest absolute Gasteiger partial charge is 0.379 e. The third-order valence-electron chi connectivity index (χ3n) is 4.67. The van der Waals surface area contributed by atoms with Crippen LogP contribution in [0.15, 0.2) is 72.8 Å². The average molecular weight is 332 g/mol. The predicted molar refractivity (Wildman–Crippen MR) is 98.0 cm³/mol. The molecule has 1 fully saturated rings. The van der Waals surface area contributed by atoms with Crippen LogP contribution in [0.3, 0.4) is 0 Å². The molecule has 2 aromatic rings. The van der Waals surface area contributed by atoms with Crippen molar-refractivity contribution < 1.29 is 14.3 Å². The fraction of sp³-hybridized carbons (Fsp3) is 0.227. The monoisotopic (exact) mass is 332 g/mol. The number of ketones is 1. The molecule has 0 aromatic heterocycles. The molecule has 0 amide bonds. The highest BCUT2D eigenvalue weighted by Crippen LogP contribution is 2.38. The van der Waals surface area contributed by atoms with Crippen LogP contribution in [0, 0.1) is 0 Å². The molecular weight excluding hydrogens is 312 g/mol. The molecular formula is C22H20O3. The van der Waals surface area contributed by atoms with Crippen molar-refractivity contribution in [3.63, 3.8) is 0 Å². The van der Waals surface area contributed by atoms with E-state index in [0.717, 1.165) is 11.1 Å². The maximum atomic E-state index is 13.2. The summed E-state index contributed by atoms with van der Waals surface area (Å²) in [5.41, 5.74) is 2.64. The smallest absolute Gasteiger partial charge is 0.193 e. The van der Waals surface area contributed by atoms with E-state index in [4.69, 9.17) is 9.47 Å². The topological polar surface area (TPSA) is 35.5 Å². The molecule has 1 aliphatic heterocycles. The third kappa shape index (κ3) is 3.21. The molecule has 1 saturated heterocycles. The molecule has 2 aliphatic rings. The molecule has 0 saturated carbocycles. The first-order chi connectivity index (χ1) is 12.3. The van der Waals surface area contributed by atoms with Crippen LogP contribution in [0.5, 0.6) is 0 Å². The van der Waals surface area contributed by atoms with Crippen LogP contribution < -0.4 is 0 Å². The van der Waals surface area contributed by atoms with Crippen molar-refractivity contribution in [2.45, 2.75) is 12.0 Å². The number of ether oxygens (including phenoxy) is 2. The fourth-order valence-electron chi connectivity index (χ4n) is 3.39. The molecule has 1 heterocycles. The summed E-state index contributed by atoms with van der Waals surface area (Å²) in [6, 6.07) is 19.6. The van der Waals surface area contributed by atoms with Gasteiger partial charge < -0.3 is 9.47 Å². The minimum atomic E-state index is -0.596. The third-order valence-corrected chi connectivity index (χ3v) is 4.67. The van der Waals surface area contributed by atoms with Crippen LogP contribution >= 0.6 is 0 Å². The van der Waals surface area contributed by atoms with Gasteiger partial charge in [-0.15, -0.1) is 0 Å². The lowest BCUT2D eigenvalue weighted by Gasteiger charge is -2.31. The molecule has 0 N–H and O–H groups in total. The van der Waals surface area contributed by atoms with E-state index >= 15 is 0 Å². The first-order valence-corrected chi connectivity index (χ1v) is 8.60. The molecule has 2 aromatic carbocycles. The zero-order chi connectivity index (χ0) is 17.1. The zero-order valence-electron chi connectivity index (χ0n) is 14.0. The second-order valence-electron chi connectivity index (χ2n) is 6.34. The van der Waals surface area contributed by atoms with E-state index in [9.17, 15) is 4.79 Å². The molecule has 0 unspecified atom stereocenters. The Bertz CT molecular complexity index is 749. The number of rotatable bonds is 2. The first-order valence-electron chi connectivity index (χ1n) is 8.60. The van der Waals surface area contributed by atoms with Crippen LogP contribution in [0.1, 0.15) is 17.5 Å². The van der Waals surface area contributed by atoms with Gasteiger partial charge in [0.1, 0.15) is 5.60 Å². The minimum Gasteiger partial charge on any atom is -0.379 e. The van der Waals surface area contributed by atoms with Crippen LogP contribution in [0.2, 0.25) is 0 Å². The number of carbonyl (C=O) groups excluding carboxylic acids is 1. The lowest BCUT2D eigenvalue weighted by atomic mass is 9.80. The van der Waals surface area contributed by atoms with Gasteiger partial charge in [-0.25, -0.2) is 0 Å². The van der Waals surface area contributed by atoms with Gasteiger partial charge in [-0.1, -0.05) is 60.7 Å². The Morgan fingerprint density at radius 3 is 1.84 bits per heavy atom. The van der Waals surface area contributed by atoms with Gasteiger partial charge in [0.2, 0.25) is 0 Å². The molecule has 4 rings (SSSR count). The van der Waals surface area contributed by atoms with E-state index in [0.29, 0.717) is 37.4 Å². The summed E-state index contributed by atoms with van der Waals surface area (Å²) in [5, 5.41) is 0. The Balaban J connectivity index is 1.85. The minimum absolute atomic E-state index is 0.0387. The highest BCUT2D eigenvalue weighted by molar-refractivity contribution is 6.43. The summed E-state index contributed by atoms with van der Waals surface area (Å²) in [7, 11) is 0. The number of allylic oxidation sites excluding steroid dienone is 2. The van der Waals surface area contributed by atoms with E-state index < -0.39 is 5.60 Å². The van der Waals surface area contributed by atoms with Gasteiger partial charge >= 0.3 is 0 Å². The molecule has 126 valence electrons. The summed E-state index contributed by atoms with van der Waals surface area (Å²) in [6.45, 7) is 1.72. The number of carbonyl (C=O) groups is 1. The average Bonchev–Trinajstić information content (AvgIpc) is 2.90. The quantitative estimate of drug-likeness (QED) is 0.836. The number of Topliss-reactive ketones (excluding diaryl/α,β-unsaturated/α-hetero) is 1. The summed E-state index contributed by atoms with van der Waals surface area (Å²) < 4.78 is 11.7. The van der Waals surface area contributed by atoms with Gasteiger partial charge in [0.25, 0.3) is 0 Å². The Kier molecular flexibility index (Phi) is 4.35. The van der Waals surface area contributed by atoms with Crippen molar-refractivity contribution >= 4 is 16.9 Å². The molecule has 0 atom stereocenters. The number of hydrogen-bond donors (Lipinski definition) is 0. The van der Waals surface area contributed by atoms with E-state index in [1.807, 2.05) is 72.8 Å². The normalized spacial score (nSPS) is 19.9. The van der Waals surface area contributed by atoms with E-state index in [2.05, 4.69) is 0 Å². The summed E-state index contributed by atoms with van der Waals surface area (Å²) in [5.74, 6) is 0.0387. The van der Waals surface area contributed by atoms with E-state index in [-0.39, 0.29) is 5.78 Å². The second-order valence-corrected chi connectivity index (χ2v) is 6.34. The molecule has 25 heavy (non-hydrogen) atoms. The van der Waals surface area contributed by atoms with Crippen LogP contribution in [0.25, 0.3) is 11.1 Å². The van der Waals surface area contributed by atoms with Crippen LogP contribution in [0.4, 0.5) is 0 Å². The maximum absolute atomic E-state index is 13.2. The van der Waals surface area contributed by atoms with Gasteiger partial charge in [0, 0.05) is 17.6 Å². The van der Waals surface area contributed by atoms with Crippen molar-refractivity contribution in [3.05, 3.63) is 83.9 Å². The van der Waals surface area contributed by atoms with Gasteiger partial charge in [0.15, 0.2) is 5.78 Å². The number of benzene rings is 2. The van der Waals surface area contributed by atoms with Crippen LogP contribution in [-0.2, 0) is 14.3 Å². The van der Waals surface area contributed by atoms with Gasteiger partial charge in [0.05, 0.1) is 19.8 Å². The van der Waals surface area contributed by atoms with Crippen molar-refractivity contribution in [2.24, 2.45) is 0 Å². The summed E-state index contributed by atoms with van der Waals surface area (Å²) >= 11 is 0. The van der Waals surface area contributed by atoms with E-state index in [1.165, 1.54) is 0 Å². The van der Waals surface area contributed by atoms with Crippen molar-refractivity contribution in [1.82, 2.24) is 0 Å². The van der Waals surface area contributed by atoms with Gasteiger partial charge in [-0.2, -0.15) is 0 Å². The first kappa shape index (κ1) is 16.0. The maximum Gasteiger partial charge on any atom is 0.193 e. The Labute approximate surface area is 147 Å². The summed E-state index contributed by atoms with van der Waals surface area (Å²) in [4.78, 5) is 13.2. The van der Waals surface area contributed by atoms with Crippen LogP contribution in [-0.4, -0.2) is 31.2 Å². The predicted octanol–water partition coefficient (Wildman–Crippen LogP) is 3.91. The molecule has 3 heteroatoms. The molecule has 1 aliphatic carbocycles. The number of hydrogen-bond acceptors (Lipinski definition) is 3. The highest BCUT2D eigenvalue weighted by atomic mass is 16.5. The summed E-state index contributed by atoms with van der Waals surface area (Å²) in [6.07, 6.45) is 4.66. The van der Waals surface area contributed by atoms with E-state index in [1.54, 1.807) is 0 Å². The van der Waals surface area contributed by atoms with Crippen molar-refractivity contribution in [1.29, 1.82) is 0 Å². The molecule has 3 nitrogen and oxygen atoms in total. The Hall–Kier alpha value is -2.49. The lowest BCUT2D eigenvalue weighted by Crippen LogP contribution is -2.33. The zero-order valence-corrected chi connectivity index (χ0v) is 14.0. The molecule has 0 bridgehead atoms. The van der Waals surface area contributed by atoms with Crippen molar-refractivity contribution in [2.75, 3.05) is 19.8 Å². The second kappa shape index (κ2) is 6.79. The van der Waals surface area contributed by atoms with Crippen molar-refractivity contribution in [3.8, 4) is 0 Å². The fourth-order valence-corrected chi connectivity index (χ4v) is 3.39.